The lowest BCUT2D eigenvalue weighted by Gasteiger charge is -2.03. The lowest BCUT2D eigenvalue weighted by molar-refractivity contribution is 0.268. The molecule has 0 spiro atoms. The maximum absolute atomic E-state index is 10.8. The Morgan fingerprint density at radius 3 is 2.89 bits per heavy atom. The number of hydrogen-bond donors (Lipinski definition) is 3. The minimum atomic E-state index is -3.09. The summed E-state index contributed by atoms with van der Waals surface area (Å²) in [6, 6.07) is 0. The smallest absolute Gasteiger partial charge is 0.208 e. The molecule has 0 aliphatic heterocycles. The molecule has 0 saturated heterocycles. The van der Waals surface area contributed by atoms with Gasteiger partial charge in [-0.2, -0.15) is 0 Å². The highest BCUT2D eigenvalue weighted by Crippen LogP contribution is 1.92. The molecule has 3 N–H and O–H groups in total. The summed E-state index contributed by atoms with van der Waals surface area (Å²) in [6.45, 7) is 2.15. The lowest BCUT2D eigenvalue weighted by Crippen LogP contribution is -2.26. The second-order valence-corrected chi connectivity index (χ2v) is 5.73. The molecule has 0 aromatic carbocycles. The first-order valence-electron chi connectivity index (χ1n) is 5.66. The molecule has 1 aromatic heterocycles. The van der Waals surface area contributed by atoms with Crippen LogP contribution in [-0.2, 0) is 23.1 Å². The molecule has 18 heavy (non-hydrogen) atoms. The van der Waals surface area contributed by atoms with Gasteiger partial charge in [-0.1, -0.05) is 5.21 Å². The van der Waals surface area contributed by atoms with E-state index >= 15 is 0 Å². The maximum Gasteiger partial charge on any atom is 0.208 e. The summed E-state index contributed by atoms with van der Waals surface area (Å²) in [7, 11) is -3.09. The van der Waals surface area contributed by atoms with Gasteiger partial charge in [0.15, 0.2) is 0 Å². The van der Waals surface area contributed by atoms with Crippen molar-refractivity contribution in [1.82, 2.24) is 25.0 Å². The summed E-state index contributed by atoms with van der Waals surface area (Å²) >= 11 is 0. The van der Waals surface area contributed by atoms with Crippen molar-refractivity contribution in [2.24, 2.45) is 0 Å². The van der Waals surface area contributed by atoms with Gasteiger partial charge < -0.3 is 10.4 Å². The molecule has 0 aliphatic rings. The van der Waals surface area contributed by atoms with E-state index < -0.39 is 10.0 Å². The Kier molecular flexibility index (Phi) is 6.19. The normalized spacial score (nSPS) is 11.9. The van der Waals surface area contributed by atoms with Gasteiger partial charge in [0, 0.05) is 19.3 Å². The van der Waals surface area contributed by atoms with Crippen molar-refractivity contribution in [3.63, 3.8) is 0 Å². The van der Waals surface area contributed by atoms with Crippen LogP contribution in [0, 0.1) is 0 Å². The quantitative estimate of drug-likeness (QED) is 0.464. The monoisotopic (exact) mass is 277 g/mol. The highest BCUT2D eigenvalue weighted by Gasteiger charge is 2.01. The topological polar surface area (TPSA) is 109 Å². The summed E-state index contributed by atoms with van der Waals surface area (Å²) in [5, 5.41) is 19.6. The lowest BCUT2D eigenvalue weighted by atomic mass is 10.4. The predicted molar refractivity (Wildman–Crippen MR) is 66.3 cm³/mol. The van der Waals surface area contributed by atoms with Gasteiger partial charge in [0.1, 0.15) is 0 Å². The van der Waals surface area contributed by atoms with Crippen LogP contribution in [0.15, 0.2) is 6.20 Å². The highest BCUT2D eigenvalue weighted by molar-refractivity contribution is 7.88. The molecule has 0 aliphatic carbocycles. The van der Waals surface area contributed by atoms with Gasteiger partial charge in [0.25, 0.3) is 0 Å². The molecule has 0 bridgehead atoms. The SMILES string of the molecule is CS(=O)(=O)NCCCNCc1cn(CCO)nn1. The first kappa shape index (κ1) is 15.0. The fourth-order valence-corrected chi connectivity index (χ4v) is 1.83. The zero-order valence-electron chi connectivity index (χ0n) is 10.3. The van der Waals surface area contributed by atoms with Crippen LogP contribution in [0.3, 0.4) is 0 Å². The standard InChI is InChI=1S/C9H19N5O3S/c1-18(16,17)11-4-2-3-10-7-9-8-14(5-6-15)13-12-9/h8,10-11,15H,2-7H2,1H3. The van der Waals surface area contributed by atoms with Crippen LogP contribution >= 0.6 is 0 Å². The fourth-order valence-electron chi connectivity index (χ4n) is 1.32. The third-order valence-corrected chi connectivity index (χ3v) is 2.84. The average Bonchev–Trinajstić information content (AvgIpc) is 2.70. The van der Waals surface area contributed by atoms with Crippen LogP contribution in [0.2, 0.25) is 0 Å². The second kappa shape index (κ2) is 7.41. The van der Waals surface area contributed by atoms with Crippen molar-refractivity contribution in [3.05, 3.63) is 11.9 Å². The van der Waals surface area contributed by atoms with E-state index in [-0.39, 0.29) is 6.61 Å². The Labute approximate surface area is 106 Å². The Hall–Kier alpha value is -1.03. The number of aromatic nitrogens is 3. The first-order chi connectivity index (χ1) is 8.51. The van der Waals surface area contributed by atoms with Crippen LogP contribution in [0.25, 0.3) is 0 Å². The van der Waals surface area contributed by atoms with Gasteiger partial charge >= 0.3 is 0 Å². The summed E-state index contributed by atoms with van der Waals surface area (Å²) in [4.78, 5) is 0. The van der Waals surface area contributed by atoms with Crippen LogP contribution in [0.1, 0.15) is 12.1 Å². The molecule has 0 radical (unpaired) electrons. The van der Waals surface area contributed by atoms with E-state index in [0.717, 1.165) is 11.9 Å². The van der Waals surface area contributed by atoms with Gasteiger partial charge in [-0.3, -0.25) is 0 Å². The molecule has 0 saturated carbocycles. The van der Waals surface area contributed by atoms with E-state index in [4.69, 9.17) is 5.11 Å². The van der Waals surface area contributed by atoms with Crippen LogP contribution in [-0.4, -0.2) is 54.5 Å². The third-order valence-electron chi connectivity index (χ3n) is 2.12. The van der Waals surface area contributed by atoms with Crippen molar-refractivity contribution in [3.8, 4) is 0 Å². The molecule has 1 aromatic rings. The van der Waals surface area contributed by atoms with Crippen LogP contribution < -0.4 is 10.0 Å². The molecular weight excluding hydrogens is 258 g/mol. The van der Waals surface area contributed by atoms with Crippen LogP contribution in [0.5, 0.6) is 0 Å². The van der Waals surface area contributed by atoms with Gasteiger partial charge in [-0.05, 0) is 13.0 Å². The molecule has 1 heterocycles. The summed E-state index contributed by atoms with van der Waals surface area (Å²) < 4.78 is 25.5. The van der Waals surface area contributed by atoms with E-state index in [9.17, 15) is 8.42 Å². The van der Waals surface area contributed by atoms with E-state index in [1.165, 1.54) is 0 Å². The fraction of sp³-hybridized carbons (Fsp3) is 0.778. The number of hydrogen-bond acceptors (Lipinski definition) is 6. The van der Waals surface area contributed by atoms with Crippen molar-refractivity contribution >= 4 is 10.0 Å². The maximum atomic E-state index is 10.8. The Morgan fingerprint density at radius 1 is 1.44 bits per heavy atom. The van der Waals surface area contributed by atoms with Crippen molar-refractivity contribution in [2.45, 2.75) is 19.5 Å². The summed E-state index contributed by atoms with van der Waals surface area (Å²) in [5.74, 6) is 0. The van der Waals surface area contributed by atoms with Gasteiger partial charge in [-0.15, -0.1) is 5.10 Å². The number of sulfonamides is 1. The van der Waals surface area contributed by atoms with Crippen LogP contribution in [0.4, 0.5) is 0 Å². The first-order valence-corrected chi connectivity index (χ1v) is 7.55. The minimum absolute atomic E-state index is 0.0351. The van der Waals surface area contributed by atoms with Crippen molar-refractivity contribution in [1.29, 1.82) is 0 Å². The number of aliphatic hydroxyl groups excluding tert-OH is 1. The highest BCUT2D eigenvalue weighted by atomic mass is 32.2. The second-order valence-electron chi connectivity index (χ2n) is 3.89. The average molecular weight is 277 g/mol. The third kappa shape index (κ3) is 6.64. The number of rotatable bonds is 9. The van der Waals surface area contributed by atoms with E-state index in [2.05, 4.69) is 20.4 Å². The van der Waals surface area contributed by atoms with Crippen molar-refractivity contribution in [2.75, 3.05) is 26.0 Å². The minimum Gasteiger partial charge on any atom is -0.394 e. The molecule has 8 nitrogen and oxygen atoms in total. The molecule has 104 valence electrons. The van der Waals surface area contributed by atoms with E-state index in [1.807, 2.05) is 0 Å². The van der Waals surface area contributed by atoms with E-state index in [0.29, 0.717) is 32.6 Å². The van der Waals surface area contributed by atoms with Gasteiger partial charge in [0.05, 0.1) is 25.1 Å². The zero-order valence-corrected chi connectivity index (χ0v) is 11.2. The molecule has 1 rings (SSSR count). The molecule has 0 unspecified atom stereocenters. The number of nitrogens with one attached hydrogen (secondary N) is 2. The predicted octanol–water partition coefficient (Wildman–Crippen LogP) is -1.70. The molecule has 0 amide bonds. The summed E-state index contributed by atoms with van der Waals surface area (Å²) in [5.41, 5.74) is 0.791. The molecular formula is C9H19N5O3S. The largest absolute Gasteiger partial charge is 0.394 e. The Morgan fingerprint density at radius 2 is 2.22 bits per heavy atom. The Balaban J connectivity index is 2.10. The number of nitrogens with zero attached hydrogens (tertiary/aromatic N) is 3. The van der Waals surface area contributed by atoms with Gasteiger partial charge in [0.2, 0.25) is 10.0 Å². The molecule has 0 fully saturated rings. The zero-order chi connectivity index (χ0) is 13.4. The van der Waals surface area contributed by atoms with Crippen molar-refractivity contribution < 1.29 is 13.5 Å². The summed E-state index contributed by atoms with van der Waals surface area (Å²) in [6.07, 6.45) is 3.61. The molecule has 9 heteroatoms. The molecule has 0 atom stereocenters. The van der Waals surface area contributed by atoms with E-state index in [1.54, 1.807) is 10.9 Å². The Bertz CT molecular complexity index is 445. The number of aliphatic hydroxyl groups is 1. The van der Waals surface area contributed by atoms with Gasteiger partial charge in [-0.25, -0.2) is 17.8 Å².